The van der Waals surface area contributed by atoms with Gasteiger partial charge in [-0.1, -0.05) is 6.07 Å². The standard InChI is InChI=1S/C13H17F3N2O2S.ClH/c1-9-10(2)18(7-6-17-9)21(19,20)12-5-3-4-11(8-12)13(14,15)16;/h3-5,8-10,17H,6-7H2,1-2H3;1H. The van der Waals surface area contributed by atoms with Crippen molar-refractivity contribution in [3.05, 3.63) is 29.8 Å². The van der Waals surface area contributed by atoms with Crippen molar-refractivity contribution in [2.24, 2.45) is 0 Å². The fourth-order valence-electron chi connectivity index (χ4n) is 2.33. The summed E-state index contributed by atoms with van der Waals surface area (Å²) in [6.45, 7) is 4.30. The van der Waals surface area contributed by atoms with Crippen LogP contribution in [0.1, 0.15) is 19.4 Å². The Hall–Kier alpha value is -0.830. The number of nitrogens with zero attached hydrogens (tertiary/aromatic N) is 1. The predicted molar refractivity (Wildman–Crippen MR) is 79.5 cm³/mol. The van der Waals surface area contributed by atoms with E-state index in [0.717, 1.165) is 12.1 Å². The maximum Gasteiger partial charge on any atom is 0.416 e. The van der Waals surface area contributed by atoms with Crippen LogP contribution >= 0.6 is 12.4 Å². The minimum Gasteiger partial charge on any atom is -0.311 e. The maximum atomic E-state index is 12.7. The van der Waals surface area contributed by atoms with Gasteiger partial charge in [0, 0.05) is 25.2 Å². The van der Waals surface area contributed by atoms with E-state index < -0.39 is 21.8 Å². The van der Waals surface area contributed by atoms with E-state index in [1.54, 1.807) is 6.92 Å². The molecule has 1 fully saturated rings. The molecular formula is C13H18ClF3N2O2S. The van der Waals surface area contributed by atoms with E-state index in [2.05, 4.69) is 5.32 Å². The van der Waals surface area contributed by atoms with E-state index in [1.165, 1.54) is 10.4 Å². The number of benzene rings is 1. The van der Waals surface area contributed by atoms with Gasteiger partial charge in [0.15, 0.2) is 0 Å². The molecule has 0 saturated carbocycles. The SMILES string of the molecule is CC1NCCN(S(=O)(=O)c2cccc(C(F)(F)F)c2)C1C.Cl. The molecular weight excluding hydrogens is 341 g/mol. The highest BCUT2D eigenvalue weighted by atomic mass is 35.5. The highest BCUT2D eigenvalue weighted by molar-refractivity contribution is 7.89. The van der Waals surface area contributed by atoms with E-state index >= 15 is 0 Å². The normalized spacial score (nSPS) is 23.9. The summed E-state index contributed by atoms with van der Waals surface area (Å²) in [5.41, 5.74) is -0.959. The van der Waals surface area contributed by atoms with Crippen LogP contribution in [0.25, 0.3) is 0 Å². The topological polar surface area (TPSA) is 49.4 Å². The highest BCUT2D eigenvalue weighted by Gasteiger charge is 2.36. The lowest BCUT2D eigenvalue weighted by molar-refractivity contribution is -0.137. The van der Waals surface area contributed by atoms with Gasteiger partial charge in [-0.15, -0.1) is 12.4 Å². The van der Waals surface area contributed by atoms with Crippen LogP contribution < -0.4 is 5.32 Å². The van der Waals surface area contributed by atoms with Crippen molar-refractivity contribution in [3.63, 3.8) is 0 Å². The van der Waals surface area contributed by atoms with Gasteiger partial charge < -0.3 is 5.32 Å². The summed E-state index contributed by atoms with van der Waals surface area (Å²) in [5, 5.41) is 3.13. The monoisotopic (exact) mass is 358 g/mol. The van der Waals surface area contributed by atoms with Gasteiger partial charge in [-0.25, -0.2) is 8.42 Å². The summed E-state index contributed by atoms with van der Waals surface area (Å²) in [7, 11) is -3.93. The third-order valence-electron chi connectivity index (χ3n) is 3.74. The Bertz CT molecular complexity index is 622. The first-order valence-electron chi connectivity index (χ1n) is 6.56. The van der Waals surface area contributed by atoms with Crippen molar-refractivity contribution in [1.82, 2.24) is 9.62 Å². The second-order valence-corrected chi connectivity index (χ2v) is 7.02. The van der Waals surface area contributed by atoms with E-state index in [1.807, 2.05) is 6.92 Å². The summed E-state index contributed by atoms with van der Waals surface area (Å²) >= 11 is 0. The third-order valence-corrected chi connectivity index (χ3v) is 5.73. The van der Waals surface area contributed by atoms with Crippen LogP contribution in [-0.2, 0) is 16.2 Å². The Morgan fingerprint density at radius 3 is 2.50 bits per heavy atom. The molecule has 22 heavy (non-hydrogen) atoms. The second kappa shape index (κ2) is 6.74. The van der Waals surface area contributed by atoms with Crippen LogP contribution in [0.3, 0.4) is 0 Å². The molecule has 0 aromatic heterocycles. The number of sulfonamides is 1. The number of hydrogen-bond acceptors (Lipinski definition) is 3. The van der Waals surface area contributed by atoms with Crippen molar-refractivity contribution in [1.29, 1.82) is 0 Å². The van der Waals surface area contributed by atoms with Gasteiger partial charge in [0.05, 0.1) is 10.5 Å². The average molecular weight is 359 g/mol. The van der Waals surface area contributed by atoms with Crippen LogP contribution in [0.5, 0.6) is 0 Å². The first-order valence-corrected chi connectivity index (χ1v) is 8.00. The minimum atomic E-state index is -4.56. The Balaban J connectivity index is 0.00000242. The average Bonchev–Trinajstić information content (AvgIpc) is 2.41. The van der Waals surface area contributed by atoms with Gasteiger partial charge in [-0.3, -0.25) is 0 Å². The first-order chi connectivity index (χ1) is 9.64. The van der Waals surface area contributed by atoms with Gasteiger partial charge in [0.1, 0.15) is 0 Å². The van der Waals surface area contributed by atoms with Crippen molar-refractivity contribution >= 4 is 22.4 Å². The molecule has 0 radical (unpaired) electrons. The third kappa shape index (κ3) is 3.73. The van der Waals surface area contributed by atoms with E-state index in [4.69, 9.17) is 0 Å². The van der Waals surface area contributed by atoms with Gasteiger partial charge in [-0.2, -0.15) is 17.5 Å². The molecule has 2 rings (SSSR count). The highest BCUT2D eigenvalue weighted by Crippen LogP contribution is 2.31. The molecule has 1 aromatic carbocycles. The molecule has 126 valence electrons. The van der Waals surface area contributed by atoms with E-state index in [0.29, 0.717) is 12.6 Å². The lowest BCUT2D eigenvalue weighted by Gasteiger charge is -2.37. The number of rotatable bonds is 2. The molecule has 0 aliphatic carbocycles. The quantitative estimate of drug-likeness (QED) is 0.883. The molecule has 1 aliphatic heterocycles. The molecule has 2 unspecified atom stereocenters. The Morgan fingerprint density at radius 1 is 1.27 bits per heavy atom. The molecule has 1 N–H and O–H groups in total. The number of nitrogens with one attached hydrogen (secondary N) is 1. The smallest absolute Gasteiger partial charge is 0.311 e. The fourth-order valence-corrected chi connectivity index (χ4v) is 4.08. The summed E-state index contributed by atoms with van der Waals surface area (Å²) in [5.74, 6) is 0. The molecule has 0 spiro atoms. The molecule has 1 aliphatic rings. The lowest BCUT2D eigenvalue weighted by Crippen LogP contribution is -2.57. The van der Waals surface area contributed by atoms with Crippen LogP contribution in [-0.4, -0.2) is 37.9 Å². The molecule has 1 saturated heterocycles. The van der Waals surface area contributed by atoms with Gasteiger partial charge in [0.2, 0.25) is 10.0 Å². The molecule has 2 atom stereocenters. The van der Waals surface area contributed by atoms with Gasteiger partial charge >= 0.3 is 6.18 Å². The number of halogens is 4. The van der Waals surface area contributed by atoms with E-state index in [-0.39, 0.29) is 35.9 Å². The molecule has 9 heteroatoms. The summed E-state index contributed by atoms with van der Waals surface area (Å²) in [4.78, 5) is -0.321. The maximum absolute atomic E-state index is 12.7. The van der Waals surface area contributed by atoms with Crippen molar-refractivity contribution in [2.45, 2.75) is 37.0 Å². The zero-order valence-electron chi connectivity index (χ0n) is 12.1. The van der Waals surface area contributed by atoms with Crippen molar-refractivity contribution < 1.29 is 21.6 Å². The number of alkyl halides is 3. The molecule has 4 nitrogen and oxygen atoms in total. The van der Waals surface area contributed by atoms with Gasteiger partial charge in [0.25, 0.3) is 0 Å². The summed E-state index contributed by atoms with van der Waals surface area (Å²) < 4.78 is 64.5. The zero-order valence-corrected chi connectivity index (χ0v) is 13.7. The van der Waals surface area contributed by atoms with Crippen LogP contribution in [0.4, 0.5) is 13.2 Å². The predicted octanol–water partition coefficient (Wildman–Crippen LogP) is 2.50. The Labute approximate surface area is 134 Å². The van der Waals surface area contributed by atoms with Crippen LogP contribution in [0.2, 0.25) is 0 Å². The largest absolute Gasteiger partial charge is 0.416 e. The zero-order chi connectivity index (χ0) is 15.8. The fraction of sp³-hybridized carbons (Fsp3) is 0.538. The molecule has 0 bridgehead atoms. The number of hydrogen-bond donors (Lipinski definition) is 1. The second-order valence-electron chi connectivity index (χ2n) is 5.12. The molecule has 1 heterocycles. The van der Waals surface area contributed by atoms with Crippen molar-refractivity contribution in [3.8, 4) is 0 Å². The molecule has 1 aromatic rings. The molecule has 0 amide bonds. The Kier molecular flexibility index (Phi) is 5.88. The van der Waals surface area contributed by atoms with E-state index in [9.17, 15) is 21.6 Å². The number of piperazine rings is 1. The van der Waals surface area contributed by atoms with Crippen LogP contribution in [0.15, 0.2) is 29.2 Å². The lowest BCUT2D eigenvalue weighted by atomic mass is 10.1. The summed E-state index contributed by atoms with van der Waals surface area (Å²) in [6.07, 6.45) is -4.56. The van der Waals surface area contributed by atoms with Gasteiger partial charge in [-0.05, 0) is 32.0 Å². The summed E-state index contributed by atoms with van der Waals surface area (Å²) in [6, 6.07) is 3.49. The first kappa shape index (κ1) is 19.2. The van der Waals surface area contributed by atoms with Crippen LogP contribution in [0, 0.1) is 0 Å². The minimum absolute atomic E-state index is 0. The Morgan fingerprint density at radius 2 is 1.91 bits per heavy atom. The van der Waals surface area contributed by atoms with Crippen molar-refractivity contribution in [2.75, 3.05) is 13.1 Å².